The molecule has 1 atom stereocenters. The first-order valence-corrected chi connectivity index (χ1v) is 9.47. The zero-order valence-corrected chi connectivity index (χ0v) is 15.6. The Kier molecular flexibility index (Phi) is 6.26. The summed E-state index contributed by atoms with van der Waals surface area (Å²) in [6, 6.07) is 7.61. The van der Waals surface area contributed by atoms with E-state index in [2.05, 4.69) is 17.1 Å². The summed E-state index contributed by atoms with van der Waals surface area (Å²) >= 11 is 0. The van der Waals surface area contributed by atoms with Crippen molar-refractivity contribution in [3.63, 3.8) is 0 Å². The van der Waals surface area contributed by atoms with Crippen molar-refractivity contribution in [3.05, 3.63) is 30.2 Å². The third kappa shape index (κ3) is 4.42. The lowest BCUT2D eigenvalue weighted by Crippen LogP contribution is -2.39. The topological polar surface area (TPSA) is 68.5 Å². The van der Waals surface area contributed by atoms with E-state index in [4.69, 9.17) is 9.26 Å². The Balaban J connectivity index is 1.65. The smallest absolute Gasteiger partial charge is 0.231 e. The first-order chi connectivity index (χ1) is 12.7. The van der Waals surface area contributed by atoms with Gasteiger partial charge >= 0.3 is 0 Å². The number of piperidine rings is 1. The van der Waals surface area contributed by atoms with Crippen LogP contribution in [0.15, 0.2) is 28.8 Å². The van der Waals surface area contributed by atoms with E-state index in [1.807, 2.05) is 29.2 Å². The van der Waals surface area contributed by atoms with Crippen LogP contribution in [-0.4, -0.2) is 41.1 Å². The Morgan fingerprint density at radius 1 is 1.38 bits per heavy atom. The van der Waals surface area contributed by atoms with Gasteiger partial charge in [-0.2, -0.15) is 4.98 Å². The SMILES string of the molecule is CCCCCC(=O)N1CCCC(c2nc(-c3cccc(OC)c3)no2)C1. The fraction of sp³-hybridized carbons (Fsp3) is 0.550. The van der Waals surface area contributed by atoms with Crippen LogP contribution in [0.1, 0.15) is 57.3 Å². The average molecular weight is 357 g/mol. The molecule has 0 N–H and O–H groups in total. The second-order valence-electron chi connectivity index (χ2n) is 6.82. The van der Waals surface area contributed by atoms with Crippen molar-refractivity contribution < 1.29 is 14.1 Å². The van der Waals surface area contributed by atoms with Gasteiger partial charge < -0.3 is 14.2 Å². The van der Waals surface area contributed by atoms with Gasteiger partial charge in [-0.25, -0.2) is 0 Å². The summed E-state index contributed by atoms with van der Waals surface area (Å²) in [7, 11) is 1.63. The lowest BCUT2D eigenvalue weighted by Gasteiger charge is -2.31. The van der Waals surface area contributed by atoms with Gasteiger partial charge in [0.1, 0.15) is 5.75 Å². The van der Waals surface area contributed by atoms with Crippen LogP contribution in [-0.2, 0) is 4.79 Å². The van der Waals surface area contributed by atoms with Gasteiger partial charge in [-0.05, 0) is 31.4 Å². The molecule has 1 aliphatic rings. The third-order valence-electron chi connectivity index (χ3n) is 4.89. The number of nitrogens with zero attached hydrogens (tertiary/aromatic N) is 3. The van der Waals surface area contributed by atoms with Crippen molar-refractivity contribution >= 4 is 5.91 Å². The standard InChI is InChI=1S/C20H27N3O3/c1-3-4-5-11-18(24)23-12-7-9-16(14-23)20-21-19(22-26-20)15-8-6-10-17(13-15)25-2/h6,8,10,13,16H,3-5,7,9,11-12,14H2,1-2H3. The minimum atomic E-state index is 0.116. The van der Waals surface area contributed by atoms with Gasteiger partial charge in [0.2, 0.25) is 17.6 Å². The van der Waals surface area contributed by atoms with Crippen molar-refractivity contribution in [2.75, 3.05) is 20.2 Å². The van der Waals surface area contributed by atoms with Crippen LogP contribution in [0.3, 0.4) is 0 Å². The Labute approximate surface area is 154 Å². The predicted molar refractivity (Wildman–Crippen MR) is 99.0 cm³/mol. The van der Waals surface area contributed by atoms with Crippen molar-refractivity contribution in [1.29, 1.82) is 0 Å². The van der Waals surface area contributed by atoms with Crippen molar-refractivity contribution in [2.45, 2.75) is 51.4 Å². The van der Waals surface area contributed by atoms with E-state index >= 15 is 0 Å². The number of carbonyl (C=O) groups is 1. The van der Waals surface area contributed by atoms with Crippen LogP contribution < -0.4 is 4.74 Å². The summed E-state index contributed by atoms with van der Waals surface area (Å²) in [4.78, 5) is 18.9. The zero-order chi connectivity index (χ0) is 18.4. The van der Waals surface area contributed by atoms with Crippen LogP contribution in [0.4, 0.5) is 0 Å². The number of rotatable bonds is 7. The van der Waals surface area contributed by atoms with Gasteiger partial charge in [-0.1, -0.05) is 37.1 Å². The number of ether oxygens (including phenoxy) is 1. The number of carbonyl (C=O) groups excluding carboxylic acids is 1. The molecule has 6 heteroatoms. The first kappa shape index (κ1) is 18.4. The summed E-state index contributed by atoms with van der Waals surface area (Å²) in [6.07, 6.45) is 5.79. The molecule has 1 aromatic carbocycles. The normalized spacial score (nSPS) is 17.3. The molecule has 0 bridgehead atoms. The summed E-state index contributed by atoms with van der Waals surface area (Å²) in [5, 5.41) is 4.12. The van der Waals surface area contributed by atoms with Crippen molar-refractivity contribution in [2.24, 2.45) is 0 Å². The first-order valence-electron chi connectivity index (χ1n) is 9.47. The number of aromatic nitrogens is 2. The Morgan fingerprint density at radius 2 is 2.27 bits per heavy atom. The molecule has 140 valence electrons. The molecule has 3 rings (SSSR count). The quantitative estimate of drug-likeness (QED) is 0.700. The fourth-order valence-corrected chi connectivity index (χ4v) is 3.37. The second-order valence-corrected chi connectivity index (χ2v) is 6.82. The van der Waals surface area contributed by atoms with E-state index in [1.54, 1.807) is 7.11 Å². The summed E-state index contributed by atoms with van der Waals surface area (Å²) in [6.45, 7) is 3.65. The molecule has 1 saturated heterocycles. The van der Waals surface area contributed by atoms with Gasteiger partial charge in [-0.15, -0.1) is 0 Å². The highest BCUT2D eigenvalue weighted by molar-refractivity contribution is 5.76. The molecule has 1 unspecified atom stereocenters. The summed E-state index contributed by atoms with van der Waals surface area (Å²) in [5.41, 5.74) is 0.864. The highest BCUT2D eigenvalue weighted by Gasteiger charge is 2.28. The lowest BCUT2D eigenvalue weighted by atomic mass is 9.97. The van der Waals surface area contributed by atoms with Crippen molar-refractivity contribution in [1.82, 2.24) is 15.0 Å². The number of hydrogen-bond donors (Lipinski definition) is 0. The van der Waals surface area contributed by atoms with E-state index in [0.717, 1.165) is 50.0 Å². The van der Waals surface area contributed by atoms with E-state index in [0.29, 0.717) is 24.7 Å². The molecule has 1 aliphatic heterocycles. The largest absolute Gasteiger partial charge is 0.497 e. The number of methoxy groups -OCH3 is 1. The maximum atomic E-state index is 12.4. The molecule has 1 amide bonds. The van der Waals surface area contributed by atoms with E-state index in [1.165, 1.54) is 0 Å². The Bertz CT molecular complexity index is 729. The van der Waals surface area contributed by atoms with E-state index < -0.39 is 0 Å². The number of unbranched alkanes of at least 4 members (excludes halogenated alkanes) is 2. The molecular weight excluding hydrogens is 330 g/mol. The van der Waals surface area contributed by atoms with Crippen LogP contribution >= 0.6 is 0 Å². The van der Waals surface area contributed by atoms with E-state index in [9.17, 15) is 4.79 Å². The van der Waals surface area contributed by atoms with Crippen LogP contribution in [0, 0.1) is 0 Å². The number of amides is 1. The summed E-state index contributed by atoms with van der Waals surface area (Å²) < 4.78 is 10.8. The molecule has 2 heterocycles. The number of hydrogen-bond acceptors (Lipinski definition) is 5. The molecule has 0 saturated carbocycles. The maximum Gasteiger partial charge on any atom is 0.231 e. The Hall–Kier alpha value is -2.37. The molecule has 26 heavy (non-hydrogen) atoms. The second kappa shape index (κ2) is 8.83. The number of likely N-dealkylation sites (tertiary alicyclic amines) is 1. The highest BCUT2D eigenvalue weighted by atomic mass is 16.5. The highest BCUT2D eigenvalue weighted by Crippen LogP contribution is 2.29. The van der Waals surface area contributed by atoms with Crippen LogP contribution in [0.5, 0.6) is 5.75 Å². The average Bonchev–Trinajstić information content (AvgIpc) is 3.18. The molecular formula is C20H27N3O3. The monoisotopic (exact) mass is 357 g/mol. The van der Waals surface area contributed by atoms with Gasteiger partial charge in [0, 0.05) is 25.1 Å². The third-order valence-corrected chi connectivity index (χ3v) is 4.89. The van der Waals surface area contributed by atoms with Crippen molar-refractivity contribution in [3.8, 4) is 17.1 Å². The molecule has 0 spiro atoms. The van der Waals surface area contributed by atoms with Gasteiger partial charge in [-0.3, -0.25) is 4.79 Å². The fourth-order valence-electron chi connectivity index (χ4n) is 3.37. The minimum Gasteiger partial charge on any atom is -0.497 e. The molecule has 2 aromatic rings. The summed E-state index contributed by atoms with van der Waals surface area (Å²) in [5.74, 6) is 2.30. The molecule has 1 aromatic heterocycles. The molecule has 0 aliphatic carbocycles. The molecule has 1 fully saturated rings. The van der Waals surface area contributed by atoms with Crippen LogP contribution in [0.25, 0.3) is 11.4 Å². The molecule has 6 nitrogen and oxygen atoms in total. The van der Waals surface area contributed by atoms with Crippen LogP contribution in [0.2, 0.25) is 0 Å². The van der Waals surface area contributed by atoms with Gasteiger partial charge in [0.15, 0.2) is 0 Å². The molecule has 0 radical (unpaired) electrons. The Morgan fingerprint density at radius 3 is 3.08 bits per heavy atom. The lowest BCUT2D eigenvalue weighted by molar-refractivity contribution is -0.132. The zero-order valence-electron chi connectivity index (χ0n) is 15.6. The van der Waals surface area contributed by atoms with Gasteiger partial charge in [0.05, 0.1) is 13.0 Å². The van der Waals surface area contributed by atoms with E-state index in [-0.39, 0.29) is 11.8 Å². The van der Waals surface area contributed by atoms with Gasteiger partial charge in [0.25, 0.3) is 0 Å². The minimum absolute atomic E-state index is 0.116. The predicted octanol–water partition coefficient (Wildman–Crippen LogP) is 4.03. The number of benzene rings is 1. The maximum absolute atomic E-state index is 12.4.